The molecule has 2 aromatic heterocycles. The number of hydrogen-bond acceptors (Lipinski definition) is 4. The summed E-state index contributed by atoms with van der Waals surface area (Å²) in [6.07, 6.45) is -3.08. The van der Waals surface area contributed by atoms with E-state index >= 15 is 0 Å². The van der Waals surface area contributed by atoms with Gasteiger partial charge in [-0.15, -0.1) is 0 Å². The topological polar surface area (TPSA) is 54.8 Å². The first kappa shape index (κ1) is 17.2. The maximum absolute atomic E-state index is 13.1. The molecule has 3 heterocycles. The average Bonchev–Trinajstić information content (AvgIpc) is 2.94. The number of alkyl halides is 3. The van der Waals surface area contributed by atoms with E-state index in [0.717, 1.165) is 23.2 Å². The summed E-state index contributed by atoms with van der Waals surface area (Å²) in [5, 5.41) is 7.61. The van der Waals surface area contributed by atoms with Crippen LogP contribution in [0.4, 0.5) is 13.2 Å². The molecule has 0 amide bonds. The number of hydrogen-bond donors (Lipinski definition) is 2. The van der Waals surface area contributed by atoms with Crippen molar-refractivity contribution in [2.45, 2.75) is 25.3 Å². The Balaban J connectivity index is 1.52. The van der Waals surface area contributed by atoms with Crippen LogP contribution in [0.15, 0.2) is 24.5 Å². The van der Waals surface area contributed by atoms with E-state index in [1.807, 2.05) is 12.1 Å². The van der Waals surface area contributed by atoms with Gasteiger partial charge in [0.2, 0.25) is 0 Å². The summed E-state index contributed by atoms with van der Waals surface area (Å²) in [4.78, 5) is 8.07. The molecule has 2 fully saturated rings. The van der Waals surface area contributed by atoms with Gasteiger partial charge in [0.1, 0.15) is 23.9 Å². The average molecular weight is 396 g/mol. The first-order chi connectivity index (χ1) is 12.9. The third-order valence-corrected chi connectivity index (χ3v) is 5.90. The van der Waals surface area contributed by atoms with Crippen molar-refractivity contribution >= 4 is 33.5 Å². The Kier molecular flexibility index (Phi) is 3.86. The second-order valence-electron chi connectivity index (χ2n) is 7.31. The number of fused-ring (bicyclic) bond motifs is 4. The van der Waals surface area contributed by atoms with Gasteiger partial charge < -0.3 is 15.2 Å². The zero-order chi connectivity index (χ0) is 18.8. The Morgan fingerprint density at radius 3 is 2.74 bits per heavy atom. The second kappa shape index (κ2) is 6.05. The van der Waals surface area contributed by atoms with Gasteiger partial charge in [-0.1, -0.05) is 17.7 Å². The van der Waals surface area contributed by atoms with Crippen LogP contribution in [0.1, 0.15) is 5.56 Å². The molecule has 27 heavy (non-hydrogen) atoms. The van der Waals surface area contributed by atoms with E-state index in [0.29, 0.717) is 40.8 Å². The SMILES string of the molecule is FC(F)(F)Cn1c2ccc(CNC3[C@H]4CNC[C@@H]34)cc2c2ncnc(Cl)c21. The van der Waals surface area contributed by atoms with Crippen LogP contribution in [-0.2, 0) is 13.1 Å². The van der Waals surface area contributed by atoms with Crippen LogP contribution in [-0.4, -0.2) is 39.8 Å². The smallest absolute Gasteiger partial charge is 0.327 e. The van der Waals surface area contributed by atoms with Crippen molar-refractivity contribution in [2.75, 3.05) is 13.1 Å². The zero-order valence-corrected chi connectivity index (χ0v) is 15.0. The van der Waals surface area contributed by atoms with Crippen molar-refractivity contribution in [3.05, 3.63) is 35.2 Å². The van der Waals surface area contributed by atoms with E-state index in [-0.39, 0.29) is 10.7 Å². The molecular formula is C18H17ClF3N5. The molecular weight excluding hydrogens is 379 g/mol. The molecule has 1 unspecified atom stereocenters. The van der Waals surface area contributed by atoms with Gasteiger partial charge in [-0.3, -0.25) is 0 Å². The highest BCUT2D eigenvalue weighted by molar-refractivity contribution is 6.34. The summed E-state index contributed by atoms with van der Waals surface area (Å²) in [5.41, 5.74) is 2.14. The molecule has 3 atom stereocenters. The summed E-state index contributed by atoms with van der Waals surface area (Å²) < 4.78 is 40.4. The number of halogens is 4. The predicted molar refractivity (Wildman–Crippen MR) is 96.6 cm³/mol. The Morgan fingerprint density at radius 1 is 1.22 bits per heavy atom. The maximum atomic E-state index is 13.1. The molecule has 1 aliphatic carbocycles. The predicted octanol–water partition coefficient (Wildman–Crippen LogP) is 3.11. The second-order valence-corrected chi connectivity index (χ2v) is 7.67. The summed E-state index contributed by atoms with van der Waals surface area (Å²) >= 11 is 6.11. The molecule has 5 rings (SSSR count). The molecule has 0 spiro atoms. The van der Waals surface area contributed by atoms with Gasteiger partial charge in [-0.25, -0.2) is 9.97 Å². The van der Waals surface area contributed by atoms with Crippen molar-refractivity contribution in [2.24, 2.45) is 11.8 Å². The van der Waals surface area contributed by atoms with Crippen LogP contribution >= 0.6 is 11.6 Å². The Hall–Kier alpha value is -1.90. The summed E-state index contributed by atoms with van der Waals surface area (Å²) in [7, 11) is 0. The van der Waals surface area contributed by atoms with Gasteiger partial charge in [0.25, 0.3) is 0 Å². The maximum Gasteiger partial charge on any atom is 0.406 e. The number of benzene rings is 1. The van der Waals surface area contributed by atoms with Crippen LogP contribution in [0.3, 0.4) is 0 Å². The third-order valence-electron chi connectivity index (χ3n) is 5.63. The Labute approximate surface area is 157 Å². The lowest BCUT2D eigenvalue weighted by molar-refractivity contribution is -0.139. The molecule has 0 bridgehead atoms. The lowest BCUT2D eigenvalue weighted by Crippen LogP contribution is -2.27. The molecule has 3 aromatic rings. The molecule has 1 saturated carbocycles. The van der Waals surface area contributed by atoms with Crippen molar-refractivity contribution in [1.29, 1.82) is 0 Å². The number of aromatic nitrogens is 3. The number of nitrogens with zero attached hydrogens (tertiary/aromatic N) is 3. The summed E-state index contributed by atoms with van der Waals surface area (Å²) in [6.45, 7) is 1.66. The Morgan fingerprint density at radius 2 is 2.00 bits per heavy atom. The highest BCUT2D eigenvalue weighted by Crippen LogP contribution is 2.42. The minimum Gasteiger partial charge on any atom is -0.327 e. The van der Waals surface area contributed by atoms with E-state index in [1.165, 1.54) is 6.33 Å². The fourth-order valence-corrected chi connectivity index (χ4v) is 4.57. The monoisotopic (exact) mass is 395 g/mol. The summed E-state index contributed by atoms with van der Waals surface area (Å²) in [5.74, 6) is 1.41. The molecule has 142 valence electrons. The molecule has 1 aliphatic heterocycles. The number of nitrogens with one attached hydrogen (secondary N) is 2. The Bertz CT molecular complexity index is 1020. The molecule has 0 radical (unpaired) electrons. The molecule has 1 saturated heterocycles. The molecule has 2 aliphatic rings. The van der Waals surface area contributed by atoms with Gasteiger partial charge in [-0.2, -0.15) is 13.2 Å². The lowest BCUT2D eigenvalue weighted by atomic mass is 10.1. The van der Waals surface area contributed by atoms with E-state index in [2.05, 4.69) is 20.6 Å². The fraction of sp³-hybridized carbons (Fsp3) is 0.444. The zero-order valence-electron chi connectivity index (χ0n) is 14.2. The van der Waals surface area contributed by atoms with Crippen molar-refractivity contribution in [1.82, 2.24) is 25.2 Å². The first-order valence-electron chi connectivity index (χ1n) is 8.84. The van der Waals surface area contributed by atoms with Crippen molar-refractivity contribution in [3.8, 4) is 0 Å². The standard InChI is InChI=1S/C18H17ClF3N5/c19-17-16-15(25-8-26-17)10-3-9(4-24-14-11-5-23-6-12(11)14)1-2-13(10)27(16)7-18(20,21)22/h1-3,8,11-12,14,23-24H,4-7H2/t11-,12+,14?. The fourth-order valence-electron chi connectivity index (χ4n) is 4.33. The minimum absolute atomic E-state index is 0.0263. The largest absolute Gasteiger partial charge is 0.406 e. The highest BCUT2D eigenvalue weighted by atomic mass is 35.5. The molecule has 5 nitrogen and oxygen atoms in total. The third kappa shape index (κ3) is 2.96. The normalized spacial score (nSPS) is 24.7. The van der Waals surface area contributed by atoms with Crippen LogP contribution in [0.25, 0.3) is 21.9 Å². The van der Waals surface area contributed by atoms with Gasteiger partial charge in [-0.05, 0) is 42.6 Å². The van der Waals surface area contributed by atoms with Crippen LogP contribution in [0.2, 0.25) is 5.15 Å². The van der Waals surface area contributed by atoms with Crippen molar-refractivity contribution in [3.63, 3.8) is 0 Å². The van der Waals surface area contributed by atoms with Gasteiger partial charge in [0.15, 0.2) is 5.15 Å². The molecule has 2 N–H and O–H groups in total. The van der Waals surface area contributed by atoms with Gasteiger partial charge >= 0.3 is 6.18 Å². The van der Waals surface area contributed by atoms with E-state index in [9.17, 15) is 13.2 Å². The first-order valence-corrected chi connectivity index (χ1v) is 9.22. The summed E-state index contributed by atoms with van der Waals surface area (Å²) in [6, 6.07) is 6.01. The highest BCUT2D eigenvalue weighted by Gasteiger charge is 2.52. The minimum atomic E-state index is -4.37. The lowest BCUT2D eigenvalue weighted by Gasteiger charge is -2.11. The van der Waals surface area contributed by atoms with Gasteiger partial charge in [0, 0.05) is 18.0 Å². The van der Waals surface area contributed by atoms with E-state index in [4.69, 9.17) is 11.6 Å². The number of piperidine rings is 1. The van der Waals surface area contributed by atoms with E-state index in [1.54, 1.807) is 6.07 Å². The van der Waals surface area contributed by atoms with Crippen LogP contribution in [0, 0.1) is 11.8 Å². The number of rotatable bonds is 4. The quantitative estimate of drug-likeness (QED) is 0.666. The molecule has 1 aromatic carbocycles. The van der Waals surface area contributed by atoms with E-state index < -0.39 is 12.7 Å². The van der Waals surface area contributed by atoms with Crippen LogP contribution < -0.4 is 10.6 Å². The van der Waals surface area contributed by atoms with Crippen molar-refractivity contribution < 1.29 is 13.2 Å². The molecule has 9 heteroatoms. The van der Waals surface area contributed by atoms with Gasteiger partial charge in [0.05, 0.1) is 5.52 Å². The van der Waals surface area contributed by atoms with Crippen LogP contribution in [0.5, 0.6) is 0 Å².